The van der Waals surface area contributed by atoms with Crippen molar-refractivity contribution in [2.45, 2.75) is 51.4 Å². The third kappa shape index (κ3) is 6.06. The summed E-state index contributed by atoms with van der Waals surface area (Å²) < 4.78 is 0. The highest BCUT2D eigenvalue weighted by Crippen LogP contribution is 2.33. The van der Waals surface area contributed by atoms with Crippen LogP contribution in [-0.2, 0) is 4.79 Å². The molecule has 2 aliphatic rings. The average Bonchev–Trinajstić information content (AvgIpc) is 3.11. The van der Waals surface area contributed by atoms with E-state index in [9.17, 15) is 4.79 Å². The zero-order chi connectivity index (χ0) is 12.1. The Balaban J connectivity index is 1.53. The fourth-order valence-corrected chi connectivity index (χ4v) is 2.38. The molecule has 0 atom stereocenters. The van der Waals surface area contributed by atoms with Gasteiger partial charge in [-0.25, -0.2) is 0 Å². The molecular formula is C14H25NO2. The molecule has 0 spiro atoms. The lowest BCUT2D eigenvalue weighted by Crippen LogP contribution is -2.29. The maximum Gasteiger partial charge on any atom is 0.303 e. The van der Waals surface area contributed by atoms with Crippen LogP contribution in [0.15, 0.2) is 0 Å². The summed E-state index contributed by atoms with van der Waals surface area (Å²) in [5.74, 6) is 1.30. The van der Waals surface area contributed by atoms with Crippen LogP contribution in [0.4, 0.5) is 0 Å². The first-order valence-corrected chi connectivity index (χ1v) is 7.18. The van der Waals surface area contributed by atoms with Gasteiger partial charge in [0.05, 0.1) is 0 Å². The lowest BCUT2D eigenvalue weighted by Gasteiger charge is -2.21. The van der Waals surface area contributed by atoms with Gasteiger partial charge in [0.25, 0.3) is 0 Å². The molecule has 3 heteroatoms. The highest BCUT2D eigenvalue weighted by molar-refractivity contribution is 5.66. The third-order valence-electron chi connectivity index (χ3n) is 3.79. The number of hydrogen-bond acceptors (Lipinski definition) is 2. The summed E-state index contributed by atoms with van der Waals surface area (Å²) >= 11 is 0. The lowest BCUT2D eigenvalue weighted by atomic mass is 10.2. The fraction of sp³-hybridized carbons (Fsp3) is 0.929. The van der Waals surface area contributed by atoms with E-state index in [1.807, 2.05) is 0 Å². The monoisotopic (exact) mass is 239 g/mol. The van der Waals surface area contributed by atoms with Gasteiger partial charge in [-0.15, -0.1) is 0 Å². The Bertz CT molecular complexity index is 233. The standard InChI is InChI=1S/C14H25NO2/c16-14(17)4-2-1-3-9-15(10-12-5-6-12)11-13-7-8-13/h12-13H,1-11H2,(H,16,17). The van der Waals surface area contributed by atoms with Gasteiger partial charge in [0.2, 0.25) is 0 Å². The molecule has 0 radical (unpaired) electrons. The third-order valence-corrected chi connectivity index (χ3v) is 3.79. The minimum absolute atomic E-state index is 0.339. The van der Waals surface area contributed by atoms with Crippen LogP contribution >= 0.6 is 0 Å². The van der Waals surface area contributed by atoms with Crippen molar-refractivity contribution in [3.63, 3.8) is 0 Å². The Morgan fingerprint density at radius 1 is 1.00 bits per heavy atom. The van der Waals surface area contributed by atoms with Crippen LogP contribution < -0.4 is 0 Å². The van der Waals surface area contributed by atoms with Crippen LogP contribution in [0.3, 0.4) is 0 Å². The number of hydrogen-bond donors (Lipinski definition) is 1. The van der Waals surface area contributed by atoms with Gasteiger partial charge in [-0.1, -0.05) is 6.42 Å². The summed E-state index contributed by atoms with van der Waals surface area (Å²) in [6, 6.07) is 0. The maximum atomic E-state index is 10.4. The second kappa shape index (κ2) is 6.39. The molecule has 1 N–H and O–H groups in total. The number of unbranched alkanes of at least 4 members (excludes halogenated alkanes) is 2. The molecule has 0 bridgehead atoms. The maximum absolute atomic E-state index is 10.4. The molecule has 0 aromatic rings. The molecule has 0 amide bonds. The Labute approximate surface area is 104 Å². The molecule has 2 aliphatic carbocycles. The van der Waals surface area contributed by atoms with Crippen molar-refractivity contribution < 1.29 is 9.90 Å². The highest BCUT2D eigenvalue weighted by atomic mass is 16.4. The smallest absolute Gasteiger partial charge is 0.303 e. The van der Waals surface area contributed by atoms with Crippen LogP contribution in [0.2, 0.25) is 0 Å². The Morgan fingerprint density at radius 2 is 1.59 bits per heavy atom. The molecule has 2 rings (SSSR count). The molecule has 3 nitrogen and oxygen atoms in total. The van der Waals surface area contributed by atoms with Crippen LogP contribution in [-0.4, -0.2) is 35.6 Å². The van der Waals surface area contributed by atoms with E-state index in [4.69, 9.17) is 5.11 Å². The zero-order valence-corrected chi connectivity index (χ0v) is 10.7. The molecule has 0 unspecified atom stereocenters. The molecule has 0 aromatic carbocycles. The largest absolute Gasteiger partial charge is 0.481 e. The van der Waals surface area contributed by atoms with E-state index in [1.54, 1.807) is 0 Å². The van der Waals surface area contributed by atoms with Crippen LogP contribution in [0.1, 0.15) is 51.4 Å². The first-order valence-electron chi connectivity index (χ1n) is 7.18. The van der Waals surface area contributed by atoms with Gasteiger partial charge in [-0.2, -0.15) is 0 Å². The second-order valence-electron chi connectivity index (χ2n) is 5.85. The van der Waals surface area contributed by atoms with E-state index >= 15 is 0 Å². The molecule has 0 aromatic heterocycles. The number of carboxylic acid groups (broad SMARTS) is 1. The SMILES string of the molecule is O=C(O)CCCCCN(CC1CC1)CC1CC1. The summed E-state index contributed by atoms with van der Waals surface area (Å²) in [5, 5.41) is 8.57. The number of carbonyl (C=O) groups is 1. The van der Waals surface area contributed by atoms with Crippen molar-refractivity contribution in [1.29, 1.82) is 0 Å². The average molecular weight is 239 g/mol. The van der Waals surface area contributed by atoms with E-state index in [1.165, 1.54) is 51.7 Å². The molecule has 0 heterocycles. The second-order valence-corrected chi connectivity index (χ2v) is 5.85. The predicted molar refractivity (Wildman–Crippen MR) is 68.0 cm³/mol. The number of nitrogens with zero attached hydrogens (tertiary/aromatic N) is 1. The summed E-state index contributed by atoms with van der Waals surface area (Å²) in [4.78, 5) is 13.0. The van der Waals surface area contributed by atoms with E-state index in [0.717, 1.165) is 24.7 Å². The van der Waals surface area contributed by atoms with Crippen molar-refractivity contribution in [2.24, 2.45) is 11.8 Å². The topological polar surface area (TPSA) is 40.5 Å². The van der Waals surface area contributed by atoms with Crippen molar-refractivity contribution >= 4 is 5.97 Å². The van der Waals surface area contributed by atoms with Crippen LogP contribution in [0, 0.1) is 11.8 Å². The minimum Gasteiger partial charge on any atom is -0.481 e. The number of aliphatic carboxylic acids is 1. The quantitative estimate of drug-likeness (QED) is 0.596. The summed E-state index contributed by atoms with van der Waals surface area (Å²) in [7, 11) is 0. The van der Waals surface area contributed by atoms with Gasteiger partial charge in [0.15, 0.2) is 0 Å². The molecule has 2 saturated carbocycles. The van der Waals surface area contributed by atoms with E-state index in [0.29, 0.717) is 6.42 Å². The van der Waals surface area contributed by atoms with Gasteiger partial charge in [0.1, 0.15) is 0 Å². The summed E-state index contributed by atoms with van der Waals surface area (Å²) in [6.07, 6.45) is 9.15. The van der Waals surface area contributed by atoms with Gasteiger partial charge in [0, 0.05) is 19.5 Å². The van der Waals surface area contributed by atoms with Crippen molar-refractivity contribution in [2.75, 3.05) is 19.6 Å². The Kier molecular flexibility index (Phi) is 4.84. The Hall–Kier alpha value is -0.570. The van der Waals surface area contributed by atoms with Crippen molar-refractivity contribution in [1.82, 2.24) is 4.90 Å². The van der Waals surface area contributed by atoms with E-state index in [-0.39, 0.29) is 0 Å². The first kappa shape index (κ1) is 12.9. The Morgan fingerprint density at radius 3 is 2.06 bits per heavy atom. The fourth-order valence-electron chi connectivity index (χ4n) is 2.38. The van der Waals surface area contributed by atoms with E-state index in [2.05, 4.69) is 4.90 Å². The summed E-state index contributed by atoms with van der Waals surface area (Å²) in [6.45, 7) is 3.79. The van der Waals surface area contributed by atoms with Gasteiger partial charge in [-0.05, 0) is 56.9 Å². The molecule has 2 fully saturated rings. The van der Waals surface area contributed by atoms with Gasteiger partial charge < -0.3 is 10.0 Å². The van der Waals surface area contributed by atoms with Crippen molar-refractivity contribution in [3.8, 4) is 0 Å². The van der Waals surface area contributed by atoms with Crippen molar-refractivity contribution in [3.05, 3.63) is 0 Å². The first-order chi connectivity index (χ1) is 8.24. The molecule has 0 aliphatic heterocycles. The lowest BCUT2D eigenvalue weighted by molar-refractivity contribution is -0.137. The molecule has 98 valence electrons. The van der Waals surface area contributed by atoms with Crippen LogP contribution in [0.5, 0.6) is 0 Å². The summed E-state index contributed by atoms with van der Waals surface area (Å²) in [5.41, 5.74) is 0. The van der Waals surface area contributed by atoms with Crippen LogP contribution in [0.25, 0.3) is 0 Å². The zero-order valence-electron chi connectivity index (χ0n) is 10.7. The molecule has 0 saturated heterocycles. The number of rotatable bonds is 10. The van der Waals surface area contributed by atoms with Gasteiger partial charge in [-0.3, -0.25) is 4.79 Å². The highest BCUT2D eigenvalue weighted by Gasteiger charge is 2.28. The van der Waals surface area contributed by atoms with E-state index < -0.39 is 5.97 Å². The van der Waals surface area contributed by atoms with Gasteiger partial charge >= 0.3 is 5.97 Å². The normalized spacial score (nSPS) is 19.8. The minimum atomic E-state index is -0.655. The number of carboxylic acids is 1. The molecule has 17 heavy (non-hydrogen) atoms. The molecular weight excluding hydrogens is 214 g/mol. The predicted octanol–water partition coefficient (Wildman–Crippen LogP) is 2.75.